The highest BCUT2D eigenvalue weighted by Gasteiger charge is 2.22. The molecule has 0 saturated heterocycles. The van der Waals surface area contributed by atoms with E-state index in [4.69, 9.17) is 60.2 Å². The van der Waals surface area contributed by atoms with Crippen LogP contribution in [-0.2, 0) is 62.2 Å². The van der Waals surface area contributed by atoms with Crippen molar-refractivity contribution >= 4 is 28.4 Å². The van der Waals surface area contributed by atoms with Crippen LogP contribution in [0, 0.1) is 0 Å². The average molecular weight is 797 g/mol. The molecule has 2 aromatic carbocycles. The largest absolute Gasteiger partial charge is 0.506 e. The van der Waals surface area contributed by atoms with E-state index in [9.17, 15) is 9.90 Å². The zero-order valence-electron chi connectivity index (χ0n) is 32.5. The number of phenolic OH excluding ortho intramolecular Hbond substituents is 1. The lowest BCUT2D eigenvalue weighted by molar-refractivity contribution is -0.137. The Kier molecular flexibility index (Phi) is 18.6. The zero-order valence-corrected chi connectivity index (χ0v) is 32.5. The molecule has 0 unspecified atom stereocenters. The van der Waals surface area contributed by atoms with E-state index in [1.807, 2.05) is 11.0 Å². The van der Waals surface area contributed by atoms with Gasteiger partial charge in [-0.2, -0.15) is 5.10 Å². The van der Waals surface area contributed by atoms with Gasteiger partial charge in [0.05, 0.1) is 117 Å². The molecule has 0 aliphatic carbocycles. The average Bonchev–Trinajstić information content (AvgIpc) is 3.59. The maximum absolute atomic E-state index is 12.9. The van der Waals surface area contributed by atoms with E-state index in [0.29, 0.717) is 153 Å². The van der Waals surface area contributed by atoms with Gasteiger partial charge in [0.1, 0.15) is 30.2 Å². The summed E-state index contributed by atoms with van der Waals surface area (Å²) < 4.78 is 45.5. The fourth-order valence-corrected chi connectivity index (χ4v) is 6.01. The highest BCUT2D eigenvalue weighted by Crippen LogP contribution is 2.34. The van der Waals surface area contributed by atoms with E-state index in [1.165, 1.54) is 18.0 Å². The second-order valence-corrected chi connectivity index (χ2v) is 13.0. The van der Waals surface area contributed by atoms with Crippen molar-refractivity contribution in [3.05, 3.63) is 59.4 Å². The Balaban J connectivity index is 0.885. The molecular weight excluding hydrogens is 740 g/mol. The number of benzene rings is 2. The van der Waals surface area contributed by atoms with Crippen LogP contribution in [0.2, 0.25) is 0 Å². The highest BCUT2D eigenvalue weighted by atomic mass is 16.6. The second-order valence-electron chi connectivity index (χ2n) is 13.0. The minimum absolute atomic E-state index is 0.00481. The van der Waals surface area contributed by atoms with Crippen LogP contribution in [0.4, 0.5) is 11.5 Å². The van der Waals surface area contributed by atoms with Crippen LogP contribution in [0.15, 0.2) is 42.7 Å². The summed E-state index contributed by atoms with van der Waals surface area (Å²) in [4.78, 5) is 23.4. The van der Waals surface area contributed by atoms with Crippen LogP contribution in [0.1, 0.15) is 16.7 Å². The van der Waals surface area contributed by atoms with Crippen LogP contribution in [0.25, 0.3) is 22.3 Å². The van der Waals surface area contributed by atoms with E-state index in [0.717, 1.165) is 17.5 Å². The van der Waals surface area contributed by atoms with Gasteiger partial charge in [0.2, 0.25) is 5.91 Å². The van der Waals surface area contributed by atoms with Gasteiger partial charge >= 0.3 is 0 Å². The third kappa shape index (κ3) is 14.1. The Labute approximate surface area is 332 Å². The second kappa shape index (κ2) is 24.3. The van der Waals surface area contributed by atoms with E-state index >= 15 is 0 Å². The van der Waals surface area contributed by atoms with Crippen molar-refractivity contribution in [2.45, 2.75) is 19.5 Å². The molecular formula is C39H56N8O10. The molecule has 1 aliphatic rings. The van der Waals surface area contributed by atoms with Crippen LogP contribution in [-0.4, -0.2) is 154 Å². The van der Waals surface area contributed by atoms with E-state index < -0.39 is 0 Å². The van der Waals surface area contributed by atoms with Crippen LogP contribution in [0.5, 0.6) is 5.75 Å². The van der Waals surface area contributed by atoms with Crippen molar-refractivity contribution in [1.29, 1.82) is 0 Å². The third-order valence-corrected chi connectivity index (χ3v) is 8.92. The number of carbonyl (C=O) groups excluding carboxylic acids is 1. The normalized spacial score (nSPS) is 12.8. The number of hydrogen-bond acceptors (Lipinski definition) is 16. The van der Waals surface area contributed by atoms with Gasteiger partial charge in [0, 0.05) is 25.2 Å². The fourth-order valence-electron chi connectivity index (χ4n) is 6.01. The minimum atomic E-state index is -0.0586. The molecule has 5 rings (SSSR count). The fraction of sp³-hybridized carbons (Fsp3) is 0.538. The minimum Gasteiger partial charge on any atom is -0.506 e. The molecule has 18 heteroatoms. The number of nitrogen functional groups attached to an aromatic ring is 2. The van der Waals surface area contributed by atoms with Gasteiger partial charge in [-0.25, -0.2) is 14.6 Å². The summed E-state index contributed by atoms with van der Waals surface area (Å²) in [7, 11) is 0. The predicted octanol–water partition coefficient (Wildman–Crippen LogP) is 1.39. The monoisotopic (exact) mass is 796 g/mol. The molecule has 0 spiro atoms. The summed E-state index contributed by atoms with van der Waals surface area (Å²) in [6.07, 6.45) is 2.14. The Morgan fingerprint density at radius 2 is 1.28 bits per heavy atom. The van der Waals surface area contributed by atoms with E-state index in [1.54, 1.807) is 16.8 Å². The Bertz CT molecular complexity index is 1810. The van der Waals surface area contributed by atoms with Crippen molar-refractivity contribution in [1.82, 2.24) is 24.6 Å². The number of aromatic hydroxyl groups is 1. The first-order valence-electron chi connectivity index (χ1n) is 19.2. The maximum Gasteiger partial charge on any atom is 0.248 e. The quantitative estimate of drug-likeness (QED) is 0.0361. The molecule has 0 saturated carbocycles. The SMILES string of the molecule is NCCOCCOCCOCCOCCOCCOCCOCCOCC(=O)N1CCc2cc(Cn3nc(-c4ccc(O)c(N)c4)c4c(N)ncnc43)ccc2C1. The Morgan fingerprint density at radius 3 is 1.86 bits per heavy atom. The maximum atomic E-state index is 12.9. The van der Waals surface area contributed by atoms with Gasteiger partial charge in [-0.05, 0) is 41.3 Å². The van der Waals surface area contributed by atoms with Gasteiger partial charge in [-0.1, -0.05) is 18.2 Å². The van der Waals surface area contributed by atoms with Gasteiger partial charge in [0.25, 0.3) is 0 Å². The van der Waals surface area contributed by atoms with Crippen molar-refractivity contribution in [2.24, 2.45) is 5.73 Å². The molecule has 57 heavy (non-hydrogen) atoms. The molecule has 3 heterocycles. The lowest BCUT2D eigenvalue weighted by Gasteiger charge is -2.29. The first kappa shape index (κ1) is 43.6. The summed E-state index contributed by atoms with van der Waals surface area (Å²) >= 11 is 0. The van der Waals surface area contributed by atoms with Crippen molar-refractivity contribution in [3.63, 3.8) is 0 Å². The first-order valence-corrected chi connectivity index (χ1v) is 19.2. The number of fused-ring (bicyclic) bond motifs is 2. The van der Waals surface area contributed by atoms with Crippen LogP contribution in [0.3, 0.4) is 0 Å². The lowest BCUT2D eigenvalue weighted by atomic mass is 9.97. The summed E-state index contributed by atoms with van der Waals surface area (Å²) in [5.41, 5.74) is 23.0. The van der Waals surface area contributed by atoms with E-state index in [-0.39, 0.29) is 24.0 Å². The van der Waals surface area contributed by atoms with Gasteiger partial charge in [-0.3, -0.25) is 4.79 Å². The van der Waals surface area contributed by atoms with Crippen molar-refractivity contribution in [3.8, 4) is 17.0 Å². The molecule has 0 fully saturated rings. The molecule has 0 atom stereocenters. The number of hydrogen-bond donors (Lipinski definition) is 4. The lowest BCUT2D eigenvalue weighted by Crippen LogP contribution is -2.38. The van der Waals surface area contributed by atoms with Gasteiger partial charge in [0.15, 0.2) is 5.65 Å². The number of anilines is 2. The smallest absolute Gasteiger partial charge is 0.248 e. The van der Waals surface area contributed by atoms with E-state index in [2.05, 4.69) is 22.1 Å². The summed E-state index contributed by atoms with van der Waals surface area (Å²) in [6.45, 7) is 9.13. The molecule has 0 radical (unpaired) electrons. The van der Waals surface area contributed by atoms with Crippen LogP contribution >= 0.6 is 0 Å². The summed E-state index contributed by atoms with van der Waals surface area (Å²) in [5, 5.41) is 15.4. The molecule has 1 amide bonds. The number of rotatable bonds is 28. The molecule has 2 aromatic heterocycles. The highest BCUT2D eigenvalue weighted by molar-refractivity contribution is 5.98. The Hall–Kier alpha value is -4.50. The number of ether oxygens (including phenoxy) is 8. The number of nitrogens with zero attached hydrogens (tertiary/aromatic N) is 5. The third-order valence-electron chi connectivity index (χ3n) is 8.92. The molecule has 312 valence electrons. The van der Waals surface area contributed by atoms with Gasteiger partial charge < -0.3 is 65.1 Å². The van der Waals surface area contributed by atoms with Crippen molar-refractivity contribution < 1.29 is 47.8 Å². The molecule has 1 aliphatic heterocycles. The van der Waals surface area contributed by atoms with Crippen LogP contribution < -0.4 is 17.2 Å². The summed E-state index contributed by atoms with van der Waals surface area (Å²) in [5.74, 6) is 0.241. The standard InChI is InChI=1S/C39H56N8O10/c40-6-8-50-9-10-51-11-12-52-13-14-53-15-16-54-17-18-55-19-20-56-21-22-57-27-35(49)46-7-5-30-23-29(1-2-32(30)26-46)25-47-39-36(38(42)43-28-44-39)37(45-47)31-3-4-34(48)33(41)24-31/h1-4,23-24,28,48H,5-22,25-27,40-41H2,(H2,42,43,44). The first-order chi connectivity index (χ1) is 27.9. The molecule has 18 nitrogen and oxygen atoms in total. The van der Waals surface area contributed by atoms with Gasteiger partial charge in [-0.15, -0.1) is 0 Å². The number of amides is 1. The number of aromatic nitrogens is 4. The topological polar surface area (TPSA) is 236 Å². The number of carbonyl (C=O) groups is 1. The zero-order chi connectivity index (χ0) is 40.1. The molecule has 4 aromatic rings. The number of phenols is 1. The number of nitrogens with two attached hydrogens (primary N) is 3. The summed E-state index contributed by atoms with van der Waals surface area (Å²) in [6, 6.07) is 11.1. The Morgan fingerprint density at radius 1 is 0.702 bits per heavy atom. The predicted molar refractivity (Wildman–Crippen MR) is 212 cm³/mol. The molecule has 7 N–H and O–H groups in total. The molecule has 0 bridgehead atoms. The van der Waals surface area contributed by atoms with Crippen molar-refractivity contribution in [2.75, 3.05) is 130 Å².